The van der Waals surface area contributed by atoms with Gasteiger partial charge < -0.3 is 10.2 Å². The monoisotopic (exact) mass is 629 g/mol. The van der Waals surface area contributed by atoms with Gasteiger partial charge >= 0.3 is 0 Å². The normalized spacial score (nSPS) is 11.9. The van der Waals surface area contributed by atoms with Crippen LogP contribution in [0, 0.1) is 19.7 Å². The van der Waals surface area contributed by atoms with Crippen molar-refractivity contribution in [2.75, 3.05) is 17.4 Å². The molecular formula is C36H40FN3O4S. The first-order valence-corrected chi connectivity index (χ1v) is 16.5. The Kier molecular flexibility index (Phi) is 11.5. The summed E-state index contributed by atoms with van der Waals surface area (Å²) in [5.41, 5.74) is 3.91. The predicted octanol–water partition coefficient (Wildman–Crippen LogP) is 6.19. The van der Waals surface area contributed by atoms with E-state index < -0.39 is 34.3 Å². The number of rotatable bonds is 14. The van der Waals surface area contributed by atoms with Gasteiger partial charge in [0.05, 0.1) is 10.6 Å². The van der Waals surface area contributed by atoms with Crippen LogP contribution in [-0.2, 0) is 32.6 Å². The summed E-state index contributed by atoms with van der Waals surface area (Å²) >= 11 is 0. The number of nitrogens with zero attached hydrogens (tertiary/aromatic N) is 2. The van der Waals surface area contributed by atoms with E-state index in [2.05, 4.69) is 5.32 Å². The molecule has 0 aliphatic carbocycles. The largest absolute Gasteiger partial charge is 0.354 e. The number of sulfonamides is 1. The van der Waals surface area contributed by atoms with E-state index in [1.807, 2.05) is 75.4 Å². The Labute approximate surface area is 265 Å². The van der Waals surface area contributed by atoms with Gasteiger partial charge in [-0.1, -0.05) is 91.2 Å². The van der Waals surface area contributed by atoms with Crippen LogP contribution in [0.15, 0.2) is 108 Å². The average Bonchev–Trinajstić information content (AvgIpc) is 3.03. The van der Waals surface area contributed by atoms with Crippen LogP contribution in [0.1, 0.15) is 42.0 Å². The van der Waals surface area contributed by atoms with Crippen molar-refractivity contribution in [3.63, 3.8) is 0 Å². The van der Waals surface area contributed by atoms with Gasteiger partial charge in [-0.2, -0.15) is 0 Å². The maximum absolute atomic E-state index is 14.4. The summed E-state index contributed by atoms with van der Waals surface area (Å²) in [6.07, 6.45) is 1.92. The molecule has 0 saturated heterocycles. The highest BCUT2D eigenvalue weighted by molar-refractivity contribution is 7.92. The third kappa shape index (κ3) is 9.01. The van der Waals surface area contributed by atoms with Gasteiger partial charge in [0.25, 0.3) is 10.0 Å². The zero-order valence-electron chi connectivity index (χ0n) is 25.9. The lowest BCUT2D eigenvalue weighted by Gasteiger charge is -2.34. The van der Waals surface area contributed by atoms with E-state index in [-0.39, 0.29) is 29.5 Å². The molecule has 0 bridgehead atoms. The summed E-state index contributed by atoms with van der Waals surface area (Å²) in [6, 6.07) is 27.5. The van der Waals surface area contributed by atoms with Crippen molar-refractivity contribution in [3.8, 4) is 0 Å². The van der Waals surface area contributed by atoms with Crippen molar-refractivity contribution >= 4 is 27.5 Å². The van der Waals surface area contributed by atoms with Crippen molar-refractivity contribution in [1.82, 2.24) is 10.2 Å². The zero-order chi connectivity index (χ0) is 32.4. The maximum Gasteiger partial charge on any atom is 0.264 e. The number of unbranched alkanes of at least 4 members (excludes halogenated alkanes) is 1. The van der Waals surface area contributed by atoms with Gasteiger partial charge in [0.2, 0.25) is 11.8 Å². The highest BCUT2D eigenvalue weighted by atomic mass is 32.2. The molecule has 4 rings (SSSR count). The number of aryl methyl sites for hydroxylation is 2. The summed E-state index contributed by atoms with van der Waals surface area (Å²) in [5.74, 6) is -1.43. The molecule has 9 heteroatoms. The first-order chi connectivity index (χ1) is 21.6. The number of amides is 2. The maximum atomic E-state index is 14.4. The average molecular weight is 630 g/mol. The van der Waals surface area contributed by atoms with Crippen molar-refractivity contribution in [2.24, 2.45) is 0 Å². The summed E-state index contributed by atoms with van der Waals surface area (Å²) in [6.45, 7) is 5.86. The minimum Gasteiger partial charge on any atom is -0.354 e. The molecule has 4 aromatic rings. The summed E-state index contributed by atoms with van der Waals surface area (Å²) < 4.78 is 42.8. The summed E-state index contributed by atoms with van der Waals surface area (Å²) in [7, 11) is -4.29. The van der Waals surface area contributed by atoms with Crippen LogP contribution in [-0.4, -0.2) is 44.3 Å². The second-order valence-electron chi connectivity index (χ2n) is 11.2. The van der Waals surface area contributed by atoms with Crippen LogP contribution < -0.4 is 9.62 Å². The molecule has 0 aliphatic rings. The predicted molar refractivity (Wildman–Crippen MR) is 176 cm³/mol. The molecule has 0 saturated carbocycles. The fourth-order valence-electron chi connectivity index (χ4n) is 4.92. The van der Waals surface area contributed by atoms with Crippen LogP contribution in [0.25, 0.3) is 0 Å². The molecule has 0 aliphatic heterocycles. The number of halogens is 1. The molecule has 2 amide bonds. The molecule has 0 spiro atoms. The van der Waals surface area contributed by atoms with Crippen molar-refractivity contribution in [3.05, 3.63) is 131 Å². The molecule has 4 aromatic carbocycles. The van der Waals surface area contributed by atoms with Crippen molar-refractivity contribution in [2.45, 2.75) is 57.5 Å². The van der Waals surface area contributed by atoms with Gasteiger partial charge in [0.1, 0.15) is 18.4 Å². The molecule has 0 radical (unpaired) electrons. The molecule has 1 N–H and O–H groups in total. The lowest BCUT2D eigenvalue weighted by Crippen LogP contribution is -2.53. The SMILES string of the molecule is CCCCNC(=O)[C@H](Cc1ccccc1)N(Cc1ccc(C)cc1)C(=O)CN(c1ccc(C)cc1)S(=O)(=O)c1ccc(F)cc1. The van der Waals surface area contributed by atoms with E-state index in [4.69, 9.17) is 0 Å². The summed E-state index contributed by atoms with van der Waals surface area (Å²) in [4.78, 5) is 29.5. The quantitative estimate of drug-likeness (QED) is 0.169. The van der Waals surface area contributed by atoms with Gasteiger partial charge in [-0.05, 0) is 67.8 Å². The fraction of sp³-hybridized carbons (Fsp3) is 0.278. The highest BCUT2D eigenvalue weighted by Crippen LogP contribution is 2.26. The molecule has 236 valence electrons. The Morgan fingerprint density at radius 3 is 2.00 bits per heavy atom. The van der Waals surface area contributed by atoms with Gasteiger partial charge in [0, 0.05) is 19.5 Å². The van der Waals surface area contributed by atoms with E-state index in [1.54, 1.807) is 24.3 Å². The van der Waals surface area contributed by atoms with Crippen LogP contribution in [0.2, 0.25) is 0 Å². The van der Waals surface area contributed by atoms with E-state index in [1.165, 1.54) is 17.0 Å². The third-order valence-corrected chi connectivity index (χ3v) is 9.36. The number of nitrogens with one attached hydrogen (secondary N) is 1. The van der Waals surface area contributed by atoms with Gasteiger partial charge in [0.15, 0.2) is 0 Å². The molecule has 45 heavy (non-hydrogen) atoms. The number of hydrogen-bond acceptors (Lipinski definition) is 4. The van der Waals surface area contributed by atoms with Gasteiger partial charge in [-0.3, -0.25) is 13.9 Å². The standard InChI is InChI=1S/C36H40FN3O4S/c1-4-5-23-38-36(42)34(24-29-9-7-6-8-10-29)39(25-30-15-11-27(2)12-16-30)35(41)26-40(32-19-13-28(3)14-20-32)45(43,44)33-21-17-31(37)18-22-33/h6-22,34H,4-5,23-26H2,1-3H3,(H,38,42)/t34-/m0/s1. The first kappa shape index (κ1) is 33.4. The Hall–Kier alpha value is -4.50. The number of benzene rings is 4. The minimum absolute atomic E-state index is 0.0934. The highest BCUT2D eigenvalue weighted by Gasteiger charge is 2.34. The lowest BCUT2D eigenvalue weighted by atomic mass is 10.0. The van der Waals surface area contributed by atoms with E-state index in [9.17, 15) is 22.4 Å². The Bertz CT molecular complexity index is 1660. The minimum atomic E-state index is -4.29. The molecule has 1 atom stereocenters. The van der Waals surface area contributed by atoms with E-state index in [0.29, 0.717) is 6.54 Å². The topological polar surface area (TPSA) is 86.8 Å². The molecule has 0 fully saturated rings. The fourth-order valence-corrected chi connectivity index (χ4v) is 6.34. The molecule has 0 heterocycles. The van der Waals surface area contributed by atoms with Crippen molar-refractivity contribution in [1.29, 1.82) is 0 Å². The second-order valence-corrected chi connectivity index (χ2v) is 13.0. The van der Waals surface area contributed by atoms with Crippen LogP contribution in [0.4, 0.5) is 10.1 Å². The number of carbonyl (C=O) groups is 2. The molecular weight excluding hydrogens is 589 g/mol. The van der Waals surface area contributed by atoms with Crippen LogP contribution >= 0.6 is 0 Å². The number of anilines is 1. The van der Waals surface area contributed by atoms with Gasteiger partial charge in [-0.25, -0.2) is 12.8 Å². The van der Waals surface area contributed by atoms with Crippen LogP contribution in [0.5, 0.6) is 0 Å². The number of carbonyl (C=O) groups excluding carboxylic acids is 2. The Morgan fingerprint density at radius 2 is 1.40 bits per heavy atom. The third-order valence-electron chi connectivity index (χ3n) is 7.58. The Balaban J connectivity index is 1.78. The molecule has 7 nitrogen and oxygen atoms in total. The van der Waals surface area contributed by atoms with Crippen molar-refractivity contribution < 1.29 is 22.4 Å². The second kappa shape index (κ2) is 15.5. The molecule has 0 unspecified atom stereocenters. The first-order valence-electron chi connectivity index (χ1n) is 15.1. The van der Waals surface area contributed by atoms with Crippen LogP contribution in [0.3, 0.4) is 0 Å². The Morgan fingerprint density at radius 1 is 0.800 bits per heavy atom. The van der Waals surface area contributed by atoms with Gasteiger partial charge in [-0.15, -0.1) is 0 Å². The van der Waals surface area contributed by atoms with E-state index in [0.717, 1.165) is 51.5 Å². The smallest absolute Gasteiger partial charge is 0.264 e. The zero-order valence-corrected chi connectivity index (χ0v) is 26.8. The lowest BCUT2D eigenvalue weighted by molar-refractivity contribution is -0.140. The number of hydrogen-bond donors (Lipinski definition) is 1. The summed E-state index contributed by atoms with van der Waals surface area (Å²) in [5, 5.41) is 2.99. The molecule has 0 aromatic heterocycles. The van der Waals surface area contributed by atoms with E-state index >= 15 is 0 Å².